The van der Waals surface area contributed by atoms with Crippen molar-refractivity contribution in [1.82, 2.24) is 19.9 Å². The van der Waals surface area contributed by atoms with Gasteiger partial charge in [-0.1, -0.05) is 0 Å². The van der Waals surface area contributed by atoms with E-state index in [0.717, 1.165) is 5.69 Å². The highest BCUT2D eigenvalue weighted by molar-refractivity contribution is 5.26. The van der Waals surface area contributed by atoms with Crippen LogP contribution in [0, 0.1) is 6.92 Å². The first kappa shape index (κ1) is 11.4. The predicted molar refractivity (Wildman–Crippen MR) is 59.4 cm³/mol. The lowest BCUT2D eigenvalue weighted by atomic mass is 10.2. The van der Waals surface area contributed by atoms with Crippen LogP contribution in [-0.2, 0) is 0 Å². The summed E-state index contributed by atoms with van der Waals surface area (Å²) in [4.78, 5) is 16.2. The van der Waals surface area contributed by atoms with Crippen molar-refractivity contribution >= 4 is 0 Å². The van der Waals surface area contributed by atoms with Crippen molar-refractivity contribution in [2.75, 3.05) is 7.11 Å². The Hall–Kier alpha value is -2.08. The Morgan fingerprint density at radius 2 is 1.88 bits per heavy atom. The van der Waals surface area contributed by atoms with Crippen LogP contribution < -0.4 is 4.74 Å². The summed E-state index contributed by atoms with van der Waals surface area (Å²) in [6.07, 6.45) is 5.08. The third-order valence-corrected chi connectivity index (χ3v) is 2.22. The fraction of sp³-hybridized carbons (Fsp3) is 0.273. The standard InChI is InChI=1S/C11H12N4O2/c1-7-5-15-8(6-14-7)10(16)9-11(17-2)13-4-3-12-9/h3-6,10,16H,1-2H3. The average Bonchev–Trinajstić information content (AvgIpc) is 2.39. The molecule has 0 fully saturated rings. The lowest BCUT2D eigenvalue weighted by molar-refractivity contribution is 0.202. The van der Waals surface area contributed by atoms with Crippen molar-refractivity contribution in [3.8, 4) is 5.88 Å². The maximum Gasteiger partial charge on any atom is 0.238 e. The number of nitrogens with zero attached hydrogens (tertiary/aromatic N) is 4. The van der Waals surface area contributed by atoms with E-state index >= 15 is 0 Å². The highest BCUT2D eigenvalue weighted by atomic mass is 16.5. The second-order valence-corrected chi connectivity index (χ2v) is 3.44. The van der Waals surface area contributed by atoms with Crippen molar-refractivity contribution < 1.29 is 9.84 Å². The summed E-state index contributed by atoms with van der Waals surface area (Å²) in [5.74, 6) is 0.280. The fourth-order valence-electron chi connectivity index (χ4n) is 1.36. The molecule has 1 atom stereocenters. The number of hydrogen-bond donors (Lipinski definition) is 1. The summed E-state index contributed by atoms with van der Waals surface area (Å²) < 4.78 is 5.03. The predicted octanol–water partition coefficient (Wildman–Crippen LogP) is 0.665. The Morgan fingerprint density at radius 3 is 2.53 bits per heavy atom. The summed E-state index contributed by atoms with van der Waals surface area (Å²) >= 11 is 0. The molecule has 2 rings (SSSR count). The van der Waals surface area contributed by atoms with Gasteiger partial charge in [0.15, 0.2) is 0 Å². The van der Waals surface area contributed by atoms with Crippen molar-refractivity contribution in [1.29, 1.82) is 0 Å². The molecule has 0 saturated carbocycles. The summed E-state index contributed by atoms with van der Waals surface area (Å²) in [7, 11) is 1.47. The molecule has 0 aliphatic rings. The van der Waals surface area contributed by atoms with Gasteiger partial charge in [-0.25, -0.2) is 4.98 Å². The number of hydrogen-bond acceptors (Lipinski definition) is 6. The van der Waals surface area contributed by atoms with Crippen LogP contribution in [-0.4, -0.2) is 32.2 Å². The summed E-state index contributed by atoms with van der Waals surface area (Å²) in [5, 5.41) is 10.1. The maximum absolute atomic E-state index is 10.1. The molecule has 6 heteroatoms. The topological polar surface area (TPSA) is 81.0 Å². The van der Waals surface area contributed by atoms with Gasteiger partial charge in [-0.2, -0.15) is 0 Å². The zero-order valence-corrected chi connectivity index (χ0v) is 9.53. The molecule has 88 valence electrons. The molecule has 0 saturated heterocycles. The van der Waals surface area contributed by atoms with Crippen LogP contribution in [0.25, 0.3) is 0 Å². The second-order valence-electron chi connectivity index (χ2n) is 3.44. The number of ether oxygens (including phenoxy) is 1. The second kappa shape index (κ2) is 4.84. The van der Waals surface area contributed by atoms with E-state index in [9.17, 15) is 5.11 Å². The molecule has 0 aromatic carbocycles. The van der Waals surface area contributed by atoms with Gasteiger partial charge < -0.3 is 9.84 Å². The van der Waals surface area contributed by atoms with Crippen LogP contribution in [0.15, 0.2) is 24.8 Å². The monoisotopic (exact) mass is 232 g/mol. The normalized spacial score (nSPS) is 12.2. The van der Waals surface area contributed by atoms with Crippen LogP contribution in [0.3, 0.4) is 0 Å². The molecule has 6 nitrogen and oxygen atoms in total. The average molecular weight is 232 g/mol. The van der Waals surface area contributed by atoms with Crippen LogP contribution in [0.4, 0.5) is 0 Å². The van der Waals surface area contributed by atoms with Gasteiger partial charge in [-0.3, -0.25) is 15.0 Å². The number of methoxy groups -OCH3 is 1. The smallest absolute Gasteiger partial charge is 0.238 e. The van der Waals surface area contributed by atoms with Gasteiger partial charge in [-0.05, 0) is 6.92 Å². The minimum absolute atomic E-state index is 0.280. The van der Waals surface area contributed by atoms with Gasteiger partial charge in [0.2, 0.25) is 5.88 Å². The maximum atomic E-state index is 10.1. The summed E-state index contributed by atoms with van der Waals surface area (Å²) in [6, 6.07) is 0. The summed E-state index contributed by atoms with van der Waals surface area (Å²) in [5.41, 5.74) is 1.52. The molecule has 0 aliphatic heterocycles. The van der Waals surface area contributed by atoms with Gasteiger partial charge in [0.25, 0.3) is 0 Å². The zero-order chi connectivity index (χ0) is 12.3. The van der Waals surface area contributed by atoms with Gasteiger partial charge in [0, 0.05) is 18.6 Å². The van der Waals surface area contributed by atoms with E-state index in [1.807, 2.05) is 6.92 Å². The number of aryl methyl sites for hydroxylation is 1. The molecule has 0 radical (unpaired) electrons. The first-order valence-corrected chi connectivity index (χ1v) is 5.04. The quantitative estimate of drug-likeness (QED) is 0.837. The molecule has 1 unspecified atom stereocenters. The van der Waals surface area contributed by atoms with Crippen LogP contribution in [0.5, 0.6) is 5.88 Å². The van der Waals surface area contributed by atoms with Gasteiger partial charge in [0.05, 0.1) is 24.7 Å². The Morgan fingerprint density at radius 1 is 1.12 bits per heavy atom. The van der Waals surface area contributed by atoms with Crippen LogP contribution in [0.1, 0.15) is 23.2 Å². The Kier molecular flexibility index (Phi) is 3.24. The van der Waals surface area contributed by atoms with Crippen LogP contribution >= 0.6 is 0 Å². The van der Waals surface area contributed by atoms with E-state index in [1.54, 1.807) is 6.20 Å². The fourth-order valence-corrected chi connectivity index (χ4v) is 1.36. The molecule has 2 aromatic rings. The number of rotatable bonds is 3. The van der Waals surface area contributed by atoms with E-state index in [0.29, 0.717) is 11.4 Å². The third-order valence-electron chi connectivity index (χ3n) is 2.22. The highest BCUT2D eigenvalue weighted by Gasteiger charge is 2.19. The highest BCUT2D eigenvalue weighted by Crippen LogP contribution is 2.23. The lowest BCUT2D eigenvalue weighted by Gasteiger charge is -2.11. The zero-order valence-electron chi connectivity index (χ0n) is 9.53. The number of aliphatic hydroxyl groups excluding tert-OH is 1. The minimum atomic E-state index is -0.994. The first-order valence-electron chi connectivity index (χ1n) is 5.04. The van der Waals surface area contributed by atoms with E-state index < -0.39 is 6.10 Å². The Bertz CT molecular complexity index is 501. The Balaban J connectivity index is 2.36. The van der Waals surface area contributed by atoms with E-state index in [4.69, 9.17) is 4.74 Å². The van der Waals surface area contributed by atoms with Crippen molar-refractivity contribution in [2.24, 2.45) is 0 Å². The molecule has 0 amide bonds. The number of aromatic nitrogens is 4. The third kappa shape index (κ3) is 2.36. The Labute approximate surface area is 98.4 Å². The molecule has 2 aromatic heterocycles. The van der Waals surface area contributed by atoms with Crippen LogP contribution in [0.2, 0.25) is 0 Å². The SMILES string of the molecule is COc1nccnc1C(O)c1cnc(C)cn1. The van der Waals surface area contributed by atoms with Gasteiger partial charge in [0.1, 0.15) is 11.8 Å². The van der Waals surface area contributed by atoms with E-state index in [2.05, 4.69) is 19.9 Å². The lowest BCUT2D eigenvalue weighted by Crippen LogP contribution is -2.08. The molecular weight excluding hydrogens is 220 g/mol. The first-order chi connectivity index (χ1) is 8.22. The molecular formula is C11H12N4O2. The van der Waals surface area contributed by atoms with E-state index in [1.165, 1.54) is 25.7 Å². The largest absolute Gasteiger partial charge is 0.480 e. The molecule has 0 spiro atoms. The molecule has 1 N–H and O–H groups in total. The van der Waals surface area contributed by atoms with Crippen molar-refractivity contribution in [3.05, 3.63) is 41.9 Å². The molecule has 2 heterocycles. The summed E-state index contributed by atoms with van der Waals surface area (Å²) in [6.45, 7) is 1.83. The number of aliphatic hydroxyl groups is 1. The van der Waals surface area contributed by atoms with E-state index in [-0.39, 0.29) is 5.88 Å². The molecule has 0 bridgehead atoms. The molecule has 0 aliphatic carbocycles. The van der Waals surface area contributed by atoms with Gasteiger partial charge >= 0.3 is 0 Å². The van der Waals surface area contributed by atoms with Crippen molar-refractivity contribution in [3.63, 3.8) is 0 Å². The minimum Gasteiger partial charge on any atom is -0.480 e. The van der Waals surface area contributed by atoms with Gasteiger partial charge in [-0.15, -0.1) is 0 Å². The molecule has 17 heavy (non-hydrogen) atoms. The van der Waals surface area contributed by atoms with Crippen molar-refractivity contribution in [2.45, 2.75) is 13.0 Å².